The molecule has 0 heterocycles. The number of anilines is 2. The molecule has 0 bridgehead atoms. The first-order valence-electron chi connectivity index (χ1n) is 4.63. The van der Waals surface area contributed by atoms with Gasteiger partial charge >= 0.3 is 0 Å². The van der Waals surface area contributed by atoms with Crippen molar-refractivity contribution in [2.45, 2.75) is 19.8 Å². The number of benzene rings is 1. The summed E-state index contributed by atoms with van der Waals surface area (Å²) in [6.07, 6.45) is 2.26. The molecule has 0 aliphatic heterocycles. The average Bonchev–Trinajstić information content (AvgIpc) is 2.14. The molecule has 0 unspecified atom stereocenters. The first kappa shape index (κ1) is 11.5. The molecule has 78 valence electrons. The van der Waals surface area contributed by atoms with Gasteiger partial charge in [0.1, 0.15) is 0 Å². The van der Waals surface area contributed by atoms with E-state index < -0.39 is 0 Å². The molecule has 3 N–H and O–H groups in total. The maximum absolute atomic E-state index is 5.87. The van der Waals surface area contributed by atoms with Gasteiger partial charge in [-0.05, 0) is 18.6 Å². The minimum atomic E-state index is 0.491. The fraction of sp³-hybridized carbons (Fsp3) is 0.400. The zero-order chi connectivity index (χ0) is 10.6. The third-order valence-corrected chi connectivity index (χ3v) is 2.66. The molecule has 0 aliphatic carbocycles. The van der Waals surface area contributed by atoms with Crippen LogP contribution < -0.4 is 11.1 Å². The standard InChI is InChI=1S/C10H14Cl2N2/c1-2-3-4-14-10-6-8(12)7(11)5-9(10)13/h5-6,14H,2-4,13H2,1H3. The lowest BCUT2D eigenvalue weighted by Gasteiger charge is -2.09. The lowest BCUT2D eigenvalue weighted by molar-refractivity contribution is 0.834. The number of rotatable bonds is 4. The van der Waals surface area contributed by atoms with Gasteiger partial charge in [-0.3, -0.25) is 0 Å². The summed E-state index contributed by atoms with van der Waals surface area (Å²) in [6.45, 7) is 3.04. The number of nitrogens with two attached hydrogens (primary N) is 1. The second-order valence-electron chi connectivity index (χ2n) is 3.13. The van der Waals surface area contributed by atoms with Crippen LogP contribution in [0.1, 0.15) is 19.8 Å². The van der Waals surface area contributed by atoms with Crippen molar-refractivity contribution in [3.63, 3.8) is 0 Å². The molecule has 0 saturated carbocycles. The Hall–Kier alpha value is -0.600. The zero-order valence-electron chi connectivity index (χ0n) is 8.11. The first-order valence-corrected chi connectivity index (χ1v) is 5.39. The molecule has 0 amide bonds. The fourth-order valence-corrected chi connectivity index (χ4v) is 1.45. The molecule has 0 spiro atoms. The van der Waals surface area contributed by atoms with Crippen molar-refractivity contribution in [2.24, 2.45) is 0 Å². The fourth-order valence-electron chi connectivity index (χ4n) is 1.12. The van der Waals surface area contributed by atoms with E-state index in [9.17, 15) is 0 Å². The van der Waals surface area contributed by atoms with Crippen molar-refractivity contribution in [3.8, 4) is 0 Å². The second kappa shape index (κ2) is 5.32. The van der Waals surface area contributed by atoms with Crippen LogP contribution in [0.2, 0.25) is 10.0 Å². The summed E-state index contributed by atoms with van der Waals surface area (Å²) < 4.78 is 0. The van der Waals surface area contributed by atoms with E-state index in [-0.39, 0.29) is 0 Å². The Morgan fingerprint density at radius 1 is 1.29 bits per heavy atom. The molecular formula is C10H14Cl2N2. The first-order chi connectivity index (χ1) is 6.65. The maximum Gasteiger partial charge on any atom is 0.0614 e. The number of nitrogen functional groups attached to an aromatic ring is 1. The Kier molecular flexibility index (Phi) is 4.36. The Labute approximate surface area is 94.4 Å². The quantitative estimate of drug-likeness (QED) is 0.613. The van der Waals surface area contributed by atoms with E-state index >= 15 is 0 Å². The summed E-state index contributed by atoms with van der Waals surface area (Å²) in [5.41, 5.74) is 7.26. The summed E-state index contributed by atoms with van der Waals surface area (Å²) in [5.74, 6) is 0. The molecule has 0 saturated heterocycles. The second-order valence-corrected chi connectivity index (χ2v) is 3.95. The molecular weight excluding hydrogens is 219 g/mol. The van der Waals surface area contributed by atoms with Gasteiger partial charge in [0.15, 0.2) is 0 Å². The number of nitrogens with one attached hydrogen (secondary N) is 1. The third-order valence-electron chi connectivity index (χ3n) is 1.94. The van der Waals surface area contributed by atoms with E-state index in [1.54, 1.807) is 12.1 Å². The van der Waals surface area contributed by atoms with Gasteiger partial charge in [-0.2, -0.15) is 0 Å². The predicted molar refractivity (Wildman–Crippen MR) is 64.3 cm³/mol. The third kappa shape index (κ3) is 2.96. The highest BCUT2D eigenvalue weighted by Crippen LogP contribution is 2.30. The van der Waals surface area contributed by atoms with Crippen LogP contribution in [0.4, 0.5) is 11.4 Å². The molecule has 1 aromatic rings. The highest BCUT2D eigenvalue weighted by molar-refractivity contribution is 6.42. The van der Waals surface area contributed by atoms with Crippen molar-refractivity contribution < 1.29 is 0 Å². The summed E-state index contributed by atoms with van der Waals surface area (Å²) in [5, 5.41) is 4.23. The van der Waals surface area contributed by atoms with E-state index in [4.69, 9.17) is 28.9 Å². The monoisotopic (exact) mass is 232 g/mol. The van der Waals surface area contributed by atoms with Crippen LogP contribution in [-0.2, 0) is 0 Å². The number of halogens is 2. The van der Waals surface area contributed by atoms with Gasteiger partial charge in [0.2, 0.25) is 0 Å². The molecule has 4 heteroatoms. The maximum atomic E-state index is 5.87. The van der Waals surface area contributed by atoms with Gasteiger partial charge in [0.05, 0.1) is 21.4 Å². The Bertz CT molecular complexity index is 313. The Balaban J connectivity index is 2.72. The van der Waals surface area contributed by atoms with Crippen LogP contribution >= 0.6 is 23.2 Å². The van der Waals surface area contributed by atoms with Gasteiger partial charge in [-0.15, -0.1) is 0 Å². The summed E-state index contributed by atoms with van der Waals surface area (Å²) in [4.78, 5) is 0. The zero-order valence-corrected chi connectivity index (χ0v) is 9.62. The van der Waals surface area contributed by atoms with Crippen LogP contribution in [-0.4, -0.2) is 6.54 Å². The molecule has 0 atom stereocenters. The van der Waals surface area contributed by atoms with Gasteiger partial charge in [-0.1, -0.05) is 36.5 Å². The van der Waals surface area contributed by atoms with Crippen LogP contribution in [0, 0.1) is 0 Å². The highest BCUT2D eigenvalue weighted by atomic mass is 35.5. The molecule has 0 aromatic heterocycles. The molecule has 0 aliphatic rings. The van der Waals surface area contributed by atoms with Gasteiger partial charge in [-0.25, -0.2) is 0 Å². The summed E-state index contributed by atoms with van der Waals surface area (Å²) in [6, 6.07) is 3.42. The van der Waals surface area contributed by atoms with Crippen molar-refractivity contribution >= 4 is 34.6 Å². The molecule has 2 nitrogen and oxygen atoms in total. The van der Waals surface area contributed by atoms with Gasteiger partial charge in [0, 0.05) is 6.54 Å². The van der Waals surface area contributed by atoms with Crippen molar-refractivity contribution in [1.82, 2.24) is 0 Å². The van der Waals surface area contributed by atoms with Crippen molar-refractivity contribution in [1.29, 1.82) is 0 Å². The van der Waals surface area contributed by atoms with E-state index in [0.717, 1.165) is 25.1 Å². The molecule has 1 aromatic carbocycles. The highest BCUT2D eigenvalue weighted by Gasteiger charge is 2.03. The van der Waals surface area contributed by atoms with Crippen molar-refractivity contribution in [2.75, 3.05) is 17.6 Å². The molecule has 0 radical (unpaired) electrons. The van der Waals surface area contributed by atoms with E-state index in [1.165, 1.54) is 0 Å². The molecule has 1 rings (SSSR count). The van der Waals surface area contributed by atoms with Crippen LogP contribution in [0.5, 0.6) is 0 Å². The smallest absolute Gasteiger partial charge is 0.0614 e. The largest absolute Gasteiger partial charge is 0.397 e. The normalized spacial score (nSPS) is 10.2. The molecule has 0 fully saturated rings. The van der Waals surface area contributed by atoms with Gasteiger partial charge in [0.25, 0.3) is 0 Å². The minimum Gasteiger partial charge on any atom is -0.397 e. The SMILES string of the molecule is CCCCNc1cc(Cl)c(Cl)cc1N. The van der Waals surface area contributed by atoms with E-state index in [2.05, 4.69) is 12.2 Å². The Morgan fingerprint density at radius 2 is 1.93 bits per heavy atom. The average molecular weight is 233 g/mol. The summed E-state index contributed by atoms with van der Waals surface area (Å²) in [7, 11) is 0. The van der Waals surface area contributed by atoms with Crippen LogP contribution in [0.15, 0.2) is 12.1 Å². The van der Waals surface area contributed by atoms with Crippen molar-refractivity contribution in [3.05, 3.63) is 22.2 Å². The topological polar surface area (TPSA) is 38.0 Å². The van der Waals surface area contributed by atoms with Crippen LogP contribution in [0.3, 0.4) is 0 Å². The number of unbranched alkanes of at least 4 members (excludes halogenated alkanes) is 1. The van der Waals surface area contributed by atoms with Crippen LogP contribution in [0.25, 0.3) is 0 Å². The lowest BCUT2D eigenvalue weighted by Crippen LogP contribution is -2.03. The summed E-state index contributed by atoms with van der Waals surface area (Å²) >= 11 is 11.7. The van der Waals surface area contributed by atoms with E-state index in [1.807, 2.05) is 0 Å². The minimum absolute atomic E-state index is 0.491. The number of hydrogen-bond acceptors (Lipinski definition) is 2. The van der Waals surface area contributed by atoms with Gasteiger partial charge < -0.3 is 11.1 Å². The Morgan fingerprint density at radius 3 is 2.57 bits per heavy atom. The predicted octanol–water partition coefficient (Wildman–Crippen LogP) is 3.79. The molecule has 14 heavy (non-hydrogen) atoms. The van der Waals surface area contributed by atoms with E-state index in [0.29, 0.717) is 15.7 Å². The lowest BCUT2D eigenvalue weighted by atomic mass is 10.2. The number of hydrogen-bond donors (Lipinski definition) is 2.